The lowest BCUT2D eigenvalue weighted by Gasteiger charge is -2.33. The van der Waals surface area contributed by atoms with Crippen LogP contribution in [0.1, 0.15) is 22.5 Å². The number of rotatable bonds is 2. The van der Waals surface area contributed by atoms with Crippen molar-refractivity contribution in [3.8, 4) is 39.8 Å². The Morgan fingerprint density at radius 3 is 2.11 bits per heavy atom. The van der Waals surface area contributed by atoms with Gasteiger partial charge in [0.05, 0.1) is 28.5 Å². The highest BCUT2D eigenvalue weighted by Gasteiger charge is 2.69. The number of para-hydroxylation sites is 3. The van der Waals surface area contributed by atoms with E-state index in [9.17, 15) is 0 Å². The largest absolute Gasteiger partial charge is 0.456 e. The smallest absolute Gasteiger partial charge is 0.397 e. The van der Waals surface area contributed by atoms with Gasteiger partial charge in [0.25, 0.3) is 5.82 Å². The second-order valence-electron chi connectivity index (χ2n) is 14.6. The SMILES string of the molecule is Cc1c(-c2ccc3c4ccccc4n(-c4ccccc4)c3c2)c(C)[n+]2n1-c1cccc3c1C21c2c(ccc4c5ccccc5n(c24)-c2cccc[n+]21)O3. The lowest BCUT2D eigenvalue weighted by Crippen LogP contribution is -2.77. The molecule has 0 N–H and O–H groups in total. The van der Waals surface area contributed by atoms with Gasteiger partial charge in [0.2, 0.25) is 5.69 Å². The predicted octanol–water partition coefficient (Wildman–Crippen LogP) is 9.56. The van der Waals surface area contributed by atoms with Gasteiger partial charge in [-0.2, -0.15) is 9.13 Å². The Labute approximate surface area is 304 Å². The molecule has 0 fully saturated rings. The maximum absolute atomic E-state index is 6.91. The van der Waals surface area contributed by atoms with Crippen molar-refractivity contribution in [3.63, 3.8) is 0 Å². The summed E-state index contributed by atoms with van der Waals surface area (Å²) in [4.78, 5) is 0. The minimum atomic E-state index is -0.726. The number of hydrogen-bond acceptors (Lipinski definition) is 1. The first-order valence-electron chi connectivity index (χ1n) is 18.3. The third-order valence-electron chi connectivity index (χ3n) is 12.2. The van der Waals surface area contributed by atoms with Gasteiger partial charge < -0.3 is 9.30 Å². The van der Waals surface area contributed by atoms with Crippen LogP contribution in [0.4, 0.5) is 0 Å². The molecule has 0 bridgehead atoms. The van der Waals surface area contributed by atoms with Crippen LogP contribution in [0.2, 0.25) is 0 Å². The van der Waals surface area contributed by atoms with Crippen LogP contribution in [0.15, 0.2) is 152 Å². The zero-order valence-corrected chi connectivity index (χ0v) is 29.1. The molecule has 0 saturated carbocycles. The Balaban J connectivity index is 1.18. The maximum Gasteiger partial charge on any atom is 0.397 e. The van der Waals surface area contributed by atoms with Gasteiger partial charge in [0.1, 0.15) is 28.3 Å². The molecule has 1 unspecified atom stereocenters. The Bertz CT molecular complexity index is 3290. The molecule has 3 aliphatic heterocycles. The Kier molecular flexibility index (Phi) is 4.87. The van der Waals surface area contributed by atoms with Gasteiger partial charge in [0, 0.05) is 40.2 Å². The average Bonchev–Trinajstić information content (AvgIpc) is 3.90. The van der Waals surface area contributed by atoms with Gasteiger partial charge in [-0.25, -0.2) is 0 Å². The Morgan fingerprint density at radius 1 is 0.566 bits per heavy atom. The molecular weight excluding hydrogens is 651 g/mol. The zero-order chi connectivity index (χ0) is 34.7. The molecule has 0 amide bonds. The summed E-state index contributed by atoms with van der Waals surface area (Å²) in [5, 5.41) is 4.99. The predicted molar refractivity (Wildman–Crippen MR) is 208 cm³/mol. The van der Waals surface area contributed by atoms with E-state index in [1.165, 1.54) is 77.3 Å². The molecule has 4 aromatic heterocycles. The third kappa shape index (κ3) is 3.03. The molecule has 10 aromatic rings. The van der Waals surface area contributed by atoms with Crippen molar-refractivity contribution < 1.29 is 14.0 Å². The molecule has 248 valence electrons. The van der Waals surface area contributed by atoms with Gasteiger partial charge in [0.15, 0.2) is 11.1 Å². The van der Waals surface area contributed by atoms with Gasteiger partial charge in [-0.05, 0) is 79.2 Å². The molecule has 0 saturated heterocycles. The molecule has 0 radical (unpaired) electrons. The van der Waals surface area contributed by atoms with Gasteiger partial charge in [-0.1, -0.05) is 77.5 Å². The average molecular weight is 682 g/mol. The number of nitrogens with zero attached hydrogens (tertiary/aromatic N) is 5. The summed E-state index contributed by atoms with van der Waals surface area (Å²) in [6.07, 6.45) is 2.26. The van der Waals surface area contributed by atoms with E-state index in [1.807, 2.05) is 0 Å². The fourth-order valence-electron chi connectivity index (χ4n) is 10.4. The van der Waals surface area contributed by atoms with Crippen molar-refractivity contribution >= 4 is 43.6 Å². The maximum atomic E-state index is 6.91. The molecule has 3 aliphatic rings. The fourth-order valence-corrected chi connectivity index (χ4v) is 10.4. The second-order valence-corrected chi connectivity index (χ2v) is 14.6. The quantitative estimate of drug-likeness (QED) is 0.167. The number of fused-ring (bicyclic) bond motifs is 10. The summed E-state index contributed by atoms with van der Waals surface area (Å²) in [7, 11) is 0. The molecule has 6 nitrogen and oxygen atoms in total. The molecule has 6 aromatic carbocycles. The summed E-state index contributed by atoms with van der Waals surface area (Å²) in [6, 6.07) is 52.8. The number of aromatic nitrogens is 5. The summed E-state index contributed by atoms with van der Waals surface area (Å²) in [5.74, 6) is 2.91. The molecule has 13 rings (SSSR count). The summed E-state index contributed by atoms with van der Waals surface area (Å²) in [6.45, 7) is 4.58. The van der Waals surface area contributed by atoms with Crippen molar-refractivity contribution in [2.75, 3.05) is 0 Å². The molecule has 7 heterocycles. The standard InChI is InChI=1S/C47H31N5O/c1-28-43(30-22-23-34-32-15-6-8-17-36(32)49(39(34)27-30)31-13-4-3-5-14-31)29(2)52-47-44-38(51(28)52)19-12-20-40(44)53-41-25-24-35-33-16-7-9-18-37(33)50(46(35)45(41)47)42-21-10-11-26-48(42)47/h3-27H,1-2H3/q+2. The fraction of sp³-hybridized carbons (Fsp3) is 0.0638. The molecule has 1 spiro atoms. The summed E-state index contributed by atoms with van der Waals surface area (Å²) < 4.78 is 19.3. The summed E-state index contributed by atoms with van der Waals surface area (Å²) in [5.41, 5.74) is 13.6. The van der Waals surface area contributed by atoms with Crippen LogP contribution in [0.25, 0.3) is 71.9 Å². The monoisotopic (exact) mass is 681 g/mol. The van der Waals surface area contributed by atoms with E-state index in [1.54, 1.807) is 0 Å². The number of hydrogen-bond donors (Lipinski definition) is 0. The van der Waals surface area contributed by atoms with Crippen molar-refractivity contribution in [1.29, 1.82) is 0 Å². The van der Waals surface area contributed by atoms with Crippen molar-refractivity contribution in [1.82, 2.24) is 13.8 Å². The molecule has 0 aliphatic carbocycles. The highest BCUT2D eigenvalue weighted by molar-refractivity contribution is 6.12. The first-order valence-corrected chi connectivity index (χ1v) is 18.3. The lowest BCUT2D eigenvalue weighted by atomic mass is 9.84. The number of ether oxygens (including phenoxy) is 1. The van der Waals surface area contributed by atoms with Crippen LogP contribution in [-0.2, 0) is 5.66 Å². The van der Waals surface area contributed by atoms with E-state index < -0.39 is 5.66 Å². The number of pyridine rings is 1. The topological polar surface area (TPSA) is 31.8 Å². The number of benzene rings is 6. The normalized spacial score (nSPS) is 16.0. The van der Waals surface area contributed by atoms with Crippen molar-refractivity contribution in [3.05, 3.63) is 174 Å². The first kappa shape index (κ1) is 27.8. The Morgan fingerprint density at radius 2 is 1.26 bits per heavy atom. The van der Waals surface area contributed by atoms with Crippen LogP contribution in [0.3, 0.4) is 0 Å². The van der Waals surface area contributed by atoms with Crippen molar-refractivity contribution in [2.45, 2.75) is 19.5 Å². The third-order valence-corrected chi connectivity index (χ3v) is 12.2. The second kappa shape index (κ2) is 9.29. The van der Waals surface area contributed by atoms with Crippen LogP contribution >= 0.6 is 0 Å². The van der Waals surface area contributed by atoms with E-state index in [-0.39, 0.29) is 0 Å². The first-order chi connectivity index (χ1) is 26.2. The van der Waals surface area contributed by atoms with Crippen LogP contribution in [-0.4, -0.2) is 13.8 Å². The minimum Gasteiger partial charge on any atom is -0.456 e. The van der Waals surface area contributed by atoms with Gasteiger partial charge in [-0.15, -0.1) is 4.68 Å². The van der Waals surface area contributed by atoms with Crippen LogP contribution < -0.4 is 14.0 Å². The summed E-state index contributed by atoms with van der Waals surface area (Å²) >= 11 is 0. The minimum absolute atomic E-state index is 0.726. The van der Waals surface area contributed by atoms with E-state index in [0.29, 0.717) is 0 Å². The molecule has 53 heavy (non-hydrogen) atoms. The molecular formula is C47H31N5O+2. The van der Waals surface area contributed by atoms with Crippen LogP contribution in [0, 0.1) is 13.8 Å². The zero-order valence-electron chi connectivity index (χ0n) is 29.1. The Hall–Kier alpha value is -6.92. The van der Waals surface area contributed by atoms with Crippen molar-refractivity contribution in [2.24, 2.45) is 0 Å². The van der Waals surface area contributed by atoms with Gasteiger partial charge in [-0.3, -0.25) is 0 Å². The molecule has 1 atom stereocenters. The van der Waals surface area contributed by atoms with Crippen LogP contribution in [0.5, 0.6) is 11.5 Å². The lowest BCUT2D eigenvalue weighted by molar-refractivity contribution is -0.995. The van der Waals surface area contributed by atoms with E-state index >= 15 is 0 Å². The van der Waals surface area contributed by atoms with E-state index in [4.69, 9.17) is 4.74 Å². The highest BCUT2D eigenvalue weighted by Crippen LogP contribution is 2.56. The highest BCUT2D eigenvalue weighted by atomic mass is 16.5. The van der Waals surface area contributed by atoms with E-state index in [0.717, 1.165) is 28.7 Å². The van der Waals surface area contributed by atoms with E-state index in [2.05, 4.69) is 189 Å². The van der Waals surface area contributed by atoms with Gasteiger partial charge >= 0.3 is 5.66 Å². The molecule has 6 heteroatoms.